The van der Waals surface area contributed by atoms with E-state index in [1.165, 1.54) is 6.20 Å². The van der Waals surface area contributed by atoms with Crippen LogP contribution in [0.25, 0.3) is 0 Å². The maximum Gasteiger partial charge on any atom is 0.140 e. The van der Waals surface area contributed by atoms with Crippen molar-refractivity contribution in [2.75, 3.05) is 0 Å². The van der Waals surface area contributed by atoms with Gasteiger partial charge in [0, 0.05) is 18.6 Å². The molecule has 4 heteroatoms. The Bertz CT molecular complexity index is 505. The lowest BCUT2D eigenvalue weighted by atomic mass is 10.3. The quantitative estimate of drug-likeness (QED) is 0.778. The first-order chi connectivity index (χ1) is 7.90. The summed E-state index contributed by atoms with van der Waals surface area (Å²) >= 11 is 0. The third-order valence-electron chi connectivity index (χ3n) is 2.00. The highest BCUT2D eigenvalue weighted by molar-refractivity contribution is 5.40. The van der Waals surface area contributed by atoms with Crippen molar-refractivity contribution in [2.45, 2.75) is 6.61 Å². The molecule has 78 valence electrons. The maximum atomic E-state index is 8.83. The fraction of sp³-hybridized carbons (Fsp3) is 0.0833. The molecule has 0 aliphatic heterocycles. The topological polar surface area (TPSA) is 58.8 Å². The minimum Gasteiger partial charge on any atom is -0.486 e. The average molecular weight is 211 g/mol. The van der Waals surface area contributed by atoms with E-state index in [9.17, 15) is 0 Å². The van der Waals surface area contributed by atoms with Crippen molar-refractivity contribution in [1.82, 2.24) is 9.97 Å². The molecule has 0 saturated carbocycles. The van der Waals surface area contributed by atoms with Gasteiger partial charge in [-0.3, -0.25) is 9.97 Å². The van der Waals surface area contributed by atoms with Gasteiger partial charge in [-0.1, -0.05) is 6.07 Å². The second-order valence-electron chi connectivity index (χ2n) is 3.09. The van der Waals surface area contributed by atoms with Crippen LogP contribution in [0.3, 0.4) is 0 Å². The van der Waals surface area contributed by atoms with Crippen LogP contribution >= 0.6 is 0 Å². The molecule has 0 fully saturated rings. The van der Waals surface area contributed by atoms with E-state index in [2.05, 4.69) is 9.97 Å². The second kappa shape index (κ2) is 4.89. The Morgan fingerprint density at radius 3 is 2.94 bits per heavy atom. The van der Waals surface area contributed by atoms with Gasteiger partial charge in [0.25, 0.3) is 0 Å². The number of aromatic nitrogens is 2. The molecule has 0 N–H and O–H groups in total. The largest absolute Gasteiger partial charge is 0.486 e. The Morgan fingerprint density at radius 2 is 2.19 bits per heavy atom. The van der Waals surface area contributed by atoms with Crippen LogP contribution in [0.2, 0.25) is 0 Å². The summed E-state index contributed by atoms with van der Waals surface area (Å²) in [7, 11) is 0. The number of nitrogens with zero attached hydrogens (tertiary/aromatic N) is 3. The van der Waals surface area contributed by atoms with Gasteiger partial charge in [-0.2, -0.15) is 5.26 Å². The third-order valence-corrected chi connectivity index (χ3v) is 2.00. The zero-order valence-electron chi connectivity index (χ0n) is 8.50. The molecule has 2 heterocycles. The number of ether oxygens (including phenoxy) is 1. The van der Waals surface area contributed by atoms with Gasteiger partial charge < -0.3 is 4.74 Å². The monoisotopic (exact) mass is 211 g/mol. The summed E-state index contributed by atoms with van der Waals surface area (Å²) in [6, 6.07) is 9.30. The first-order valence-electron chi connectivity index (χ1n) is 4.77. The number of rotatable bonds is 3. The van der Waals surface area contributed by atoms with Gasteiger partial charge in [-0.25, -0.2) is 0 Å². The van der Waals surface area contributed by atoms with Crippen LogP contribution in [0.5, 0.6) is 5.75 Å². The maximum absolute atomic E-state index is 8.83. The van der Waals surface area contributed by atoms with Crippen LogP contribution in [0.1, 0.15) is 11.3 Å². The van der Waals surface area contributed by atoms with Gasteiger partial charge in [0.2, 0.25) is 0 Å². The van der Waals surface area contributed by atoms with Gasteiger partial charge in [0.1, 0.15) is 24.0 Å². The normalized spacial score (nSPS) is 9.44. The van der Waals surface area contributed by atoms with Gasteiger partial charge in [0.05, 0.1) is 5.69 Å². The lowest BCUT2D eigenvalue weighted by Crippen LogP contribution is -1.99. The van der Waals surface area contributed by atoms with E-state index in [0.717, 1.165) is 5.69 Å². The third kappa shape index (κ3) is 2.34. The molecule has 2 aromatic rings. The predicted octanol–water partition coefficient (Wildman–Crippen LogP) is 1.93. The summed E-state index contributed by atoms with van der Waals surface area (Å²) in [6.45, 7) is 0.347. The lowest BCUT2D eigenvalue weighted by Gasteiger charge is -2.06. The van der Waals surface area contributed by atoms with Gasteiger partial charge in [0.15, 0.2) is 0 Å². The Labute approximate surface area is 93.2 Å². The molecule has 16 heavy (non-hydrogen) atoms. The summed E-state index contributed by atoms with van der Waals surface area (Å²) in [6.07, 6.45) is 4.78. The number of nitriles is 1. The molecule has 0 unspecified atom stereocenters. The van der Waals surface area contributed by atoms with Crippen LogP contribution in [-0.4, -0.2) is 9.97 Å². The number of pyridine rings is 2. The van der Waals surface area contributed by atoms with Crippen molar-refractivity contribution in [3.05, 3.63) is 54.1 Å². The van der Waals surface area contributed by atoms with Crippen molar-refractivity contribution < 1.29 is 4.74 Å². The molecule has 0 spiro atoms. The highest BCUT2D eigenvalue weighted by Crippen LogP contribution is 2.16. The molecule has 0 radical (unpaired) electrons. The van der Waals surface area contributed by atoms with E-state index in [4.69, 9.17) is 10.00 Å². The van der Waals surface area contributed by atoms with Crippen molar-refractivity contribution in [3.63, 3.8) is 0 Å². The Kier molecular flexibility index (Phi) is 3.10. The van der Waals surface area contributed by atoms with E-state index in [1.807, 2.05) is 24.3 Å². The summed E-state index contributed by atoms with van der Waals surface area (Å²) in [5.41, 5.74) is 1.25. The number of hydrogen-bond donors (Lipinski definition) is 0. The lowest BCUT2D eigenvalue weighted by molar-refractivity contribution is 0.300. The Morgan fingerprint density at radius 1 is 1.25 bits per heavy atom. The molecule has 0 aliphatic rings. The molecule has 2 rings (SSSR count). The second-order valence-corrected chi connectivity index (χ2v) is 3.09. The highest BCUT2D eigenvalue weighted by atomic mass is 16.5. The molecular formula is C12H9N3O. The van der Waals surface area contributed by atoms with Crippen molar-refractivity contribution in [3.8, 4) is 11.8 Å². The SMILES string of the molecule is N#Cc1cnccc1OCc1ccccn1. The van der Waals surface area contributed by atoms with Gasteiger partial charge in [-0.05, 0) is 18.2 Å². The van der Waals surface area contributed by atoms with E-state index in [-0.39, 0.29) is 0 Å². The van der Waals surface area contributed by atoms with Crippen molar-refractivity contribution in [1.29, 1.82) is 5.26 Å². The van der Waals surface area contributed by atoms with Crippen LogP contribution in [0.4, 0.5) is 0 Å². The molecule has 0 atom stereocenters. The molecule has 0 saturated heterocycles. The molecule has 0 aliphatic carbocycles. The predicted molar refractivity (Wildman–Crippen MR) is 57.5 cm³/mol. The Hall–Kier alpha value is -2.41. The summed E-state index contributed by atoms with van der Waals surface area (Å²) < 4.78 is 5.49. The summed E-state index contributed by atoms with van der Waals surface area (Å²) in [5.74, 6) is 0.531. The van der Waals surface area contributed by atoms with E-state index in [0.29, 0.717) is 17.9 Å². The zero-order chi connectivity index (χ0) is 11.2. The minimum atomic E-state index is 0.347. The highest BCUT2D eigenvalue weighted by Gasteiger charge is 2.02. The van der Waals surface area contributed by atoms with Gasteiger partial charge >= 0.3 is 0 Å². The zero-order valence-corrected chi connectivity index (χ0v) is 8.50. The summed E-state index contributed by atoms with van der Waals surface area (Å²) in [4.78, 5) is 7.98. The number of hydrogen-bond acceptors (Lipinski definition) is 4. The average Bonchev–Trinajstić information content (AvgIpc) is 2.38. The fourth-order valence-electron chi connectivity index (χ4n) is 1.23. The van der Waals surface area contributed by atoms with Crippen molar-refractivity contribution >= 4 is 0 Å². The van der Waals surface area contributed by atoms with Crippen LogP contribution in [-0.2, 0) is 6.61 Å². The van der Waals surface area contributed by atoms with E-state index < -0.39 is 0 Å². The van der Waals surface area contributed by atoms with Crippen LogP contribution in [0, 0.1) is 11.3 Å². The molecule has 0 bridgehead atoms. The van der Waals surface area contributed by atoms with Crippen LogP contribution < -0.4 is 4.74 Å². The molecule has 0 amide bonds. The van der Waals surface area contributed by atoms with E-state index in [1.54, 1.807) is 18.5 Å². The molecule has 4 nitrogen and oxygen atoms in total. The molecular weight excluding hydrogens is 202 g/mol. The molecule has 0 aromatic carbocycles. The molecule has 2 aromatic heterocycles. The van der Waals surface area contributed by atoms with Crippen LogP contribution in [0.15, 0.2) is 42.9 Å². The first kappa shape index (κ1) is 10.1. The van der Waals surface area contributed by atoms with Gasteiger partial charge in [-0.15, -0.1) is 0 Å². The smallest absolute Gasteiger partial charge is 0.140 e. The minimum absolute atomic E-state index is 0.347. The Balaban J connectivity index is 2.09. The van der Waals surface area contributed by atoms with Crippen molar-refractivity contribution in [2.24, 2.45) is 0 Å². The fourth-order valence-corrected chi connectivity index (χ4v) is 1.23. The summed E-state index contributed by atoms with van der Waals surface area (Å²) in [5, 5.41) is 8.83. The van der Waals surface area contributed by atoms with E-state index >= 15 is 0 Å². The first-order valence-corrected chi connectivity index (χ1v) is 4.77. The standard InChI is InChI=1S/C12H9N3O/c13-7-10-8-14-6-4-12(10)16-9-11-3-1-2-5-15-11/h1-6,8H,9H2.